The van der Waals surface area contributed by atoms with Gasteiger partial charge in [-0.3, -0.25) is 9.59 Å². The van der Waals surface area contributed by atoms with Gasteiger partial charge in [0.05, 0.1) is 7.11 Å². The predicted octanol–water partition coefficient (Wildman–Crippen LogP) is 2.86. The molecular weight excluding hydrogens is 316 g/mol. The van der Waals surface area contributed by atoms with E-state index in [1.807, 2.05) is 49.9 Å². The molecule has 1 heterocycles. The van der Waals surface area contributed by atoms with Crippen LogP contribution in [0.5, 0.6) is 5.75 Å². The Morgan fingerprint density at radius 2 is 2.04 bits per heavy atom. The Morgan fingerprint density at radius 1 is 1.32 bits per heavy atom. The molecule has 1 saturated heterocycles. The Balaban J connectivity index is 2.05. The number of likely N-dealkylation sites (tertiary alicyclic amines) is 1. The summed E-state index contributed by atoms with van der Waals surface area (Å²) in [7, 11) is 1.63. The summed E-state index contributed by atoms with van der Waals surface area (Å²) in [6, 6.07) is 7.70. The highest BCUT2D eigenvalue weighted by molar-refractivity contribution is 5.95. The Labute approximate surface area is 150 Å². The smallest absolute Gasteiger partial charge is 0.246 e. The molecule has 2 rings (SSSR count). The van der Waals surface area contributed by atoms with E-state index in [0.717, 1.165) is 36.3 Å². The predicted molar refractivity (Wildman–Crippen MR) is 99.2 cm³/mol. The van der Waals surface area contributed by atoms with E-state index >= 15 is 0 Å². The molecule has 1 aliphatic heterocycles. The molecule has 0 spiro atoms. The van der Waals surface area contributed by atoms with Crippen molar-refractivity contribution in [2.24, 2.45) is 5.92 Å². The van der Waals surface area contributed by atoms with Crippen molar-refractivity contribution in [3.8, 4) is 5.75 Å². The highest BCUT2D eigenvalue weighted by atomic mass is 16.5. The average molecular weight is 344 g/mol. The van der Waals surface area contributed by atoms with Gasteiger partial charge >= 0.3 is 0 Å². The van der Waals surface area contributed by atoms with Crippen molar-refractivity contribution in [3.05, 3.63) is 35.9 Å². The molecule has 1 N–H and O–H groups in total. The van der Waals surface area contributed by atoms with Crippen LogP contribution in [0.1, 0.15) is 39.2 Å². The third-order valence-corrected chi connectivity index (χ3v) is 4.48. The van der Waals surface area contributed by atoms with Crippen molar-refractivity contribution in [2.75, 3.05) is 20.2 Å². The van der Waals surface area contributed by atoms with E-state index in [1.165, 1.54) is 0 Å². The molecule has 0 aromatic heterocycles. The molecule has 25 heavy (non-hydrogen) atoms. The monoisotopic (exact) mass is 344 g/mol. The fourth-order valence-corrected chi connectivity index (χ4v) is 2.99. The average Bonchev–Trinajstić information content (AvgIpc) is 2.61. The van der Waals surface area contributed by atoms with Gasteiger partial charge in [0.1, 0.15) is 5.75 Å². The second-order valence-electron chi connectivity index (χ2n) is 6.81. The lowest BCUT2D eigenvalue weighted by Crippen LogP contribution is -2.50. The molecule has 5 heteroatoms. The summed E-state index contributed by atoms with van der Waals surface area (Å²) in [6.45, 7) is 6.95. The van der Waals surface area contributed by atoms with E-state index < -0.39 is 0 Å². The maximum absolute atomic E-state index is 12.6. The third kappa shape index (κ3) is 5.08. The number of para-hydroxylation sites is 1. The number of hydrogen-bond acceptors (Lipinski definition) is 3. The number of piperidine rings is 1. The van der Waals surface area contributed by atoms with E-state index in [4.69, 9.17) is 4.74 Å². The molecule has 1 atom stereocenters. The van der Waals surface area contributed by atoms with Crippen LogP contribution in [0, 0.1) is 5.92 Å². The largest absolute Gasteiger partial charge is 0.496 e. The Kier molecular flexibility index (Phi) is 6.62. The van der Waals surface area contributed by atoms with Gasteiger partial charge in [0.25, 0.3) is 0 Å². The van der Waals surface area contributed by atoms with E-state index in [-0.39, 0.29) is 23.8 Å². The number of allylic oxidation sites excluding steroid dienone is 1. The number of rotatable bonds is 5. The van der Waals surface area contributed by atoms with Gasteiger partial charge in [-0.25, -0.2) is 0 Å². The van der Waals surface area contributed by atoms with Crippen molar-refractivity contribution in [1.82, 2.24) is 10.2 Å². The van der Waals surface area contributed by atoms with Crippen LogP contribution in [0.25, 0.3) is 5.57 Å². The number of methoxy groups -OCH3 is 1. The van der Waals surface area contributed by atoms with Gasteiger partial charge in [0.15, 0.2) is 0 Å². The number of nitrogens with one attached hydrogen (secondary N) is 1. The Hall–Kier alpha value is -2.30. The summed E-state index contributed by atoms with van der Waals surface area (Å²) < 4.78 is 5.36. The van der Waals surface area contributed by atoms with Crippen LogP contribution in [0.4, 0.5) is 0 Å². The molecule has 0 saturated carbocycles. The maximum atomic E-state index is 12.6. The normalized spacial score (nSPS) is 18.2. The van der Waals surface area contributed by atoms with Crippen molar-refractivity contribution < 1.29 is 14.3 Å². The summed E-state index contributed by atoms with van der Waals surface area (Å²) in [5.41, 5.74) is 1.79. The fraction of sp³-hybridized carbons (Fsp3) is 0.500. The first-order valence-electron chi connectivity index (χ1n) is 8.83. The number of amides is 2. The first-order valence-corrected chi connectivity index (χ1v) is 8.83. The number of nitrogens with zero attached hydrogens (tertiary/aromatic N) is 1. The summed E-state index contributed by atoms with van der Waals surface area (Å²) in [5.74, 6) is 0.732. The molecule has 1 aromatic carbocycles. The van der Waals surface area contributed by atoms with Gasteiger partial charge in [-0.2, -0.15) is 0 Å². The van der Waals surface area contributed by atoms with Gasteiger partial charge in [0.2, 0.25) is 11.8 Å². The Bertz CT molecular complexity index is 652. The molecular formula is C20H28N2O3. The number of ether oxygens (including phenoxy) is 1. The standard InChI is InChI=1S/C20H28N2O3/c1-14(2)20(24)21-16-8-7-11-22(13-16)19(23)12-15(3)17-9-5-6-10-18(17)25-4/h5-6,9-10,12,14,16H,7-8,11,13H2,1-4H3,(H,21,24)/b15-12+/t16-/m1/s1. The molecule has 2 amide bonds. The topological polar surface area (TPSA) is 58.6 Å². The quantitative estimate of drug-likeness (QED) is 0.836. The van der Waals surface area contributed by atoms with Crippen LogP contribution >= 0.6 is 0 Å². The molecule has 0 unspecified atom stereocenters. The minimum Gasteiger partial charge on any atom is -0.496 e. The lowest BCUT2D eigenvalue weighted by Gasteiger charge is -2.33. The summed E-state index contributed by atoms with van der Waals surface area (Å²) in [6.07, 6.45) is 3.47. The molecule has 0 radical (unpaired) electrons. The molecule has 1 aliphatic rings. The highest BCUT2D eigenvalue weighted by Crippen LogP contribution is 2.25. The van der Waals surface area contributed by atoms with E-state index in [1.54, 1.807) is 13.2 Å². The SMILES string of the molecule is COc1ccccc1/C(C)=C/C(=O)N1CCC[C@@H](NC(=O)C(C)C)C1. The summed E-state index contributed by atoms with van der Waals surface area (Å²) >= 11 is 0. The second-order valence-corrected chi connectivity index (χ2v) is 6.81. The number of benzene rings is 1. The van der Waals surface area contributed by atoms with Gasteiger partial charge in [-0.15, -0.1) is 0 Å². The van der Waals surface area contributed by atoms with Gasteiger partial charge in [-0.05, 0) is 31.4 Å². The van der Waals surface area contributed by atoms with Crippen LogP contribution in [0.15, 0.2) is 30.3 Å². The van der Waals surface area contributed by atoms with Crippen LogP contribution in [-0.2, 0) is 9.59 Å². The number of carbonyl (C=O) groups is 2. The van der Waals surface area contributed by atoms with Crippen LogP contribution in [0.2, 0.25) is 0 Å². The highest BCUT2D eigenvalue weighted by Gasteiger charge is 2.24. The van der Waals surface area contributed by atoms with Crippen molar-refractivity contribution in [3.63, 3.8) is 0 Å². The van der Waals surface area contributed by atoms with Crippen molar-refractivity contribution in [1.29, 1.82) is 0 Å². The van der Waals surface area contributed by atoms with Crippen molar-refractivity contribution in [2.45, 2.75) is 39.7 Å². The summed E-state index contributed by atoms with van der Waals surface area (Å²) in [4.78, 5) is 26.3. The maximum Gasteiger partial charge on any atom is 0.246 e. The molecule has 0 aliphatic carbocycles. The summed E-state index contributed by atoms with van der Waals surface area (Å²) in [5, 5.41) is 3.03. The van der Waals surface area contributed by atoms with Crippen molar-refractivity contribution >= 4 is 17.4 Å². The first-order chi connectivity index (χ1) is 11.9. The van der Waals surface area contributed by atoms with Crippen LogP contribution in [-0.4, -0.2) is 43.0 Å². The number of carbonyl (C=O) groups excluding carboxylic acids is 2. The molecule has 1 aromatic rings. The van der Waals surface area contributed by atoms with E-state index in [0.29, 0.717) is 6.54 Å². The van der Waals surface area contributed by atoms with E-state index in [2.05, 4.69) is 5.32 Å². The van der Waals surface area contributed by atoms with Gasteiger partial charge < -0.3 is 15.0 Å². The molecule has 1 fully saturated rings. The minimum absolute atomic E-state index is 0.0214. The molecule has 136 valence electrons. The van der Waals surface area contributed by atoms with E-state index in [9.17, 15) is 9.59 Å². The van der Waals surface area contributed by atoms with Crippen LogP contribution < -0.4 is 10.1 Å². The zero-order valence-electron chi connectivity index (χ0n) is 15.5. The molecule has 0 bridgehead atoms. The first kappa shape index (κ1) is 19.0. The third-order valence-electron chi connectivity index (χ3n) is 4.48. The molecule has 5 nitrogen and oxygen atoms in total. The lowest BCUT2D eigenvalue weighted by atomic mass is 10.0. The van der Waals surface area contributed by atoms with Gasteiger partial charge in [-0.1, -0.05) is 32.0 Å². The van der Waals surface area contributed by atoms with Crippen LogP contribution in [0.3, 0.4) is 0 Å². The van der Waals surface area contributed by atoms with Gasteiger partial charge in [0, 0.05) is 36.7 Å². The second kappa shape index (κ2) is 8.70. The minimum atomic E-state index is -0.0428. The number of hydrogen-bond donors (Lipinski definition) is 1. The zero-order valence-corrected chi connectivity index (χ0v) is 15.5. The lowest BCUT2D eigenvalue weighted by molar-refractivity contribution is -0.130. The zero-order chi connectivity index (χ0) is 18.4. The Morgan fingerprint density at radius 3 is 2.72 bits per heavy atom. The fourth-order valence-electron chi connectivity index (χ4n) is 2.99.